The molecule has 5 rings (SSSR count). The number of amides is 2. The number of carbonyl (C=O) groups is 2. The molecule has 0 atom stereocenters. The molecule has 1 saturated heterocycles. The molecule has 0 bridgehead atoms. The summed E-state index contributed by atoms with van der Waals surface area (Å²) in [6, 6.07) is 17.4. The molecule has 4 aromatic rings. The number of halogens is 1. The fraction of sp³-hybridized carbons (Fsp3) is 0.333. The van der Waals surface area contributed by atoms with Crippen molar-refractivity contribution >= 4 is 29.1 Å². The number of nitrogens with one attached hydrogen (secondary N) is 2. The summed E-state index contributed by atoms with van der Waals surface area (Å²) in [5.41, 5.74) is 9.12. The number of benzene rings is 3. The average Bonchev–Trinajstić information content (AvgIpc) is 3.06. The predicted molar refractivity (Wildman–Crippen MR) is 184 cm³/mol. The highest BCUT2D eigenvalue weighted by Gasteiger charge is 2.20. The fourth-order valence-corrected chi connectivity index (χ4v) is 5.36. The number of hydrogen-bond donors (Lipinski definition) is 3. The molecule has 0 saturated carbocycles. The number of anilines is 3. The number of hydrogen-bond acceptors (Lipinski definition) is 9. The number of piperazine rings is 1. The van der Waals surface area contributed by atoms with Gasteiger partial charge in [-0.25, -0.2) is 9.37 Å². The molecular weight excluding hydrogens is 613 g/mol. The Morgan fingerprint density at radius 3 is 2.48 bits per heavy atom. The molecule has 1 fully saturated rings. The van der Waals surface area contributed by atoms with Gasteiger partial charge in [-0.3, -0.25) is 9.59 Å². The van der Waals surface area contributed by atoms with E-state index in [4.69, 9.17) is 15.2 Å². The van der Waals surface area contributed by atoms with Crippen LogP contribution in [-0.2, 0) is 11.2 Å². The maximum absolute atomic E-state index is 15.0. The summed E-state index contributed by atoms with van der Waals surface area (Å²) in [5.74, 6) is -0.729. The van der Waals surface area contributed by atoms with Gasteiger partial charge in [0, 0.05) is 62.8 Å². The number of nitrogens with zero attached hydrogens (tertiary/aromatic N) is 4. The van der Waals surface area contributed by atoms with E-state index >= 15 is 4.39 Å². The highest BCUT2D eigenvalue weighted by Crippen LogP contribution is 2.29. The Morgan fingerprint density at radius 1 is 1.00 bits per heavy atom. The number of ether oxygens (including phenoxy) is 2. The van der Waals surface area contributed by atoms with Crippen molar-refractivity contribution < 1.29 is 23.5 Å². The van der Waals surface area contributed by atoms with Gasteiger partial charge in [-0.05, 0) is 74.7 Å². The molecular formula is C36H42FN7O4. The number of carbonyl (C=O) groups excluding carboxylic acids is 2. The minimum Gasteiger partial charge on any atom is -0.490 e. The van der Waals surface area contributed by atoms with E-state index in [9.17, 15) is 9.59 Å². The van der Waals surface area contributed by atoms with E-state index in [0.29, 0.717) is 30.2 Å². The molecule has 2 amide bonds. The molecule has 252 valence electrons. The minimum atomic E-state index is -0.520. The quantitative estimate of drug-likeness (QED) is 0.152. The van der Waals surface area contributed by atoms with Crippen molar-refractivity contribution in [1.82, 2.24) is 19.8 Å². The summed E-state index contributed by atoms with van der Waals surface area (Å²) < 4.78 is 26.9. The standard InChI is InChI=1S/C36H42FN7O4/c1-24-7-4-8-25(2)33(24)41-34(46)29-23-39-36(42-35(29)48-28-10-5-9-26(21-28)11-14-32(38)45)40-27-12-13-31(30(37)22-27)47-20-6-15-44-18-16-43(3)17-19-44/h4-5,7-10,12-13,21-23H,6,11,14-20H2,1-3H3,(H2,38,45)(H,41,46)(H,39,40,42). The van der Waals surface area contributed by atoms with E-state index in [0.717, 1.165) is 55.8 Å². The van der Waals surface area contributed by atoms with Crippen molar-refractivity contribution in [3.8, 4) is 17.4 Å². The second kappa shape index (κ2) is 16.2. The zero-order valence-corrected chi connectivity index (χ0v) is 27.6. The molecule has 0 radical (unpaired) electrons. The maximum atomic E-state index is 15.0. The van der Waals surface area contributed by atoms with Crippen LogP contribution in [-0.4, -0.2) is 78.0 Å². The Bertz CT molecular complexity index is 1720. The van der Waals surface area contributed by atoms with E-state index in [1.807, 2.05) is 38.1 Å². The first-order valence-corrected chi connectivity index (χ1v) is 16.0. The number of likely N-dealkylation sites (N-methyl/N-ethyl adjacent to an activating group) is 1. The Hall–Kier alpha value is -5.07. The van der Waals surface area contributed by atoms with Crippen LogP contribution in [0.3, 0.4) is 0 Å². The van der Waals surface area contributed by atoms with Crippen LogP contribution in [0, 0.1) is 19.7 Å². The van der Waals surface area contributed by atoms with Gasteiger partial charge in [0.15, 0.2) is 11.6 Å². The van der Waals surface area contributed by atoms with Crippen LogP contribution in [0.5, 0.6) is 17.4 Å². The van der Waals surface area contributed by atoms with Crippen molar-refractivity contribution in [1.29, 1.82) is 0 Å². The first-order valence-electron chi connectivity index (χ1n) is 16.0. The van der Waals surface area contributed by atoms with Gasteiger partial charge in [-0.1, -0.05) is 30.3 Å². The minimum absolute atomic E-state index is 0.0101. The molecule has 1 aromatic heterocycles. The lowest BCUT2D eigenvalue weighted by molar-refractivity contribution is -0.118. The summed E-state index contributed by atoms with van der Waals surface area (Å²) in [7, 11) is 2.12. The Kier molecular flexibility index (Phi) is 11.5. The molecule has 1 aliphatic rings. The highest BCUT2D eigenvalue weighted by molar-refractivity contribution is 6.06. The van der Waals surface area contributed by atoms with Crippen molar-refractivity contribution in [2.45, 2.75) is 33.1 Å². The first kappa shape index (κ1) is 34.3. The van der Waals surface area contributed by atoms with E-state index < -0.39 is 17.6 Å². The normalized spacial score (nSPS) is 13.6. The van der Waals surface area contributed by atoms with Crippen molar-refractivity contribution in [3.63, 3.8) is 0 Å². The number of nitrogens with two attached hydrogens (primary N) is 1. The van der Waals surface area contributed by atoms with Gasteiger partial charge in [0.05, 0.1) is 6.61 Å². The fourth-order valence-electron chi connectivity index (χ4n) is 5.36. The first-order chi connectivity index (χ1) is 23.1. The van der Waals surface area contributed by atoms with Crippen LogP contribution in [0.2, 0.25) is 0 Å². The number of primary amides is 1. The van der Waals surface area contributed by atoms with Crippen LogP contribution in [0.4, 0.5) is 21.7 Å². The zero-order chi connectivity index (χ0) is 34.0. The van der Waals surface area contributed by atoms with E-state index in [2.05, 4.69) is 37.4 Å². The summed E-state index contributed by atoms with van der Waals surface area (Å²) >= 11 is 0. The maximum Gasteiger partial charge on any atom is 0.262 e. The van der Waals surface area contributed by atoms with Crippen LogP contribution in [0.25, 0.3) is 0 Å². The molecule has 3 aromatic carbocycles. The number of aromatic nitrogens is 2. The zero-order valence-electron chi connectivity index (χ0n) is 27.6. The Balaban J connectivity index is 1.30. The second-order valence-electron chi connectivity index (χ2n) is 12.0. The van der Waals surface area contributed by atoms with Gasteiger partial charge in [0.1, 0.15) is 11.3 Å². The van der Waals surface area contributed by atoms with Crippen LogP contribution in [0.15, 0.2) is 66.9 Å². The molecule has 4 N–H and O–H groups in total. The van der Waals surface area contributed by atoms with Crippen molar-refractivity contribution in [2.75, 3.05) is 57.0 Å². The van der Waals surface area contributed by atoms with Crippen molar-refractivity contribution in [3.05, 3.63) is 94.9 Å². The van der Waals surface area contributed by atoms with Crippen LogP contribution in [0.1, 0.15) is 39.9 Å². The summed E-state index contributed by atoms with van der Waals surface area (Å²) in [5, 5.41) is 5.95. The van der Waals surface area contributed by atoms with Crippen LogP contribution < -0.4 is 25.8 Å². The second-order valence-corrected chi connectivity index (χ2v) is 12.0. The lowest BCUT2D eigenvalue weighted by Gasteiger charge is -2.32. The topological polar surface area (TPSA) is 135 Å². The van der Waals surface area contributed by atoms with E-state index in [1.165, 1.54) is 12.3 Å². The molecule has 2 heterocycles. The van der Waals surface area contributed by atoms with Gasteiger partial charge in [0.2, 0.25) is 17.7 Å². The van der Waals surface area contributed by atoms with E-state index in [-0.39, 0.29) is 29.6 Å². The SMILES string of the molecule is Cc1cccc(C)c1NC(=O)c1cnc(Nc2ccc(OCCCN3CCN(C)CC3)c(F)c2)nc1Oc1cccc(CCC(N)=O)c1. The third-order valence-electron chi connectivity index (χ3n) is 8.15. The summed E-state index contributed by atoms with van der Waals surface area (Å²) in [4.78, 5) is 38.4. The van der Waals surface area contributed by atoms with Gasteiger partial charge in [-0.2, -0.15) is 4.98 Å². The van der Waals surface area contributed by atoms with Crippen LogP contribution >= 0.6 is 0 Å². The number of rotatable bonds is 14. The third-order valence-corrected chi connectivity index (χ3v) is 8.15. The van der Waals surface area contributed by atoms with Crippen molar-refractivity contribution in [2.24, 2.45) is 5.73 Å². The van der Waals surface area contributed by atoms with E-state index in [1.54, 1.807) is 30.3 Å². The molecule has 0 spiro atoms. The van der Waals surface area contributed by atoms with Gasteiger partial charge >= 0.3 is 0 Å². The monoisotopic (exact) mass is 655 g/mol. The smallest absolute Gasteiger partial charge is 0.262 e. The van der Waals surface area contributed by atoms with Gasteiger partial charge in [-0.15, -0.1) is 0 Å². The Labute approximate surface area is 280 Å². The molecule has 11 nitrogen and oxygen atoms in total. The third kappa shape index (κ3) is 9.49. The lowest BCUT2D eigenvalue weighted by atomic mass is 10.1. The molecule has 1 aliphatic heterocycles. The predicted octanol–water partition coefficient (Wildman–Crippen LogP) is 5.45. The summed E-state index contributed by atoms with van der Waals surface area (Å²) in [6.45, 7) is 9.30. The average molecular weight is 656 g/mol. The van der Waals surface area contributed by atoms with Gasteiger partial charge in [0.25, 0.3) is 5.91 Å². The number of para-hydroxylation sites is 1. The number of aryl methyl sites for hydroxylation is 3. The highest BCUT2D eigenvalue weighted by atomic mass is 19.1. The Morgan fingerprint density at radius 2 is 1.75 bits per heavy atom. The summed E-state index contributed by atoms with van der Waals surface area (Å²) in [6.07, 6.45) is 2.78. The molecule has 48 heavy (non-hydrogen) atoms. The van der Waals surface area contributed by atoms with Gasteiger partial charge < -0.3 is 35.6 Å². The molecule has 0 unspecified atom stereocenters. The lowest BCUT2D eigenvalue weighted by Crippen LogP contribution is -2.44. The molecule has 12 heteroatoms. The largest absolute Gasteiger partial charge is 0.490 e. The molecule has 0 aliphatic carbocycles.